The van der Waals surface area contributed by atoms with Crippen LogP contribution in [0.2, 0.25) is 0 Å². The van der Waals surface area contributed by atoms with Gasteiger partial charge in [0.2, 0.25) is 0 Å². The molecule has 0 aromatic carbocycles. The lowest BCUT2D eigenvalue weighted by Gasteiger charge is -2.31. The summed E-state index contributed by atoms with van der Waals surface area (Å²) >= 11 is 0. The van der Waals surface area contributed by atoms with E-state index in [0.29, 0.717) is 48.5 Å². The standard InChI is InChI=1S/C20H22N4O4/c1-3-28-20(27)13-7-6-9-23(12-13)19(26)15-11-14-17(22(15)2)21-16-8-4-5-10-24(16)18(14)25/h4-5,8,10-11,13H,3,6-7,9,12H2,1-2H3. The summed E-state index contributed by atoms with van der Waals surface area (Å²) in [6.07, 6.45) is 3.11. The first-order chi connectivity index (χ1) is 13.5. The number of nitrogens with zero attached hydrogens (tertiary/aromatic N) is 4. The molecule has 3 aromatic heterocycles. The molecule has 1 atom stereocenters. The summed E-state index contributed by atoms with van der Waals surface area (Å²) in [6, 6.07) is 6.93. The van der Waals surface area contributed by atoms with E-state index >= 15 is 0 Å². The number of ether oxygens (including phenoxy) is 1. The zero-order valence-electron chi connectivity index (χ0n) is 15.9. The maximum Gasteiger partial charge on any atom is 0.310 e. The molecular formula is C20H22N4O4. The van der Waals surface area contributed by atoms with Crippen molar-refractivity contribution in [3.63, 3.8) is 0 Å². The maximum absolute atomic E-state index is 13.1. The van der Waals surface area contributed by atoms with Crippen LogP contribution in [0.1, 0.15) is 30.3 Å². The first kappa shape index (κ1) is 18.2. The molecule has 1 aliphatic heterocycles. The van der Waals surface area contributed by atoms with Crippen molar-refractivity contribution in [3.05, 3.63) is 46.5 Å². The van der Waals surface area contributed by atoms with Crippen LogP contribution < -0.4 is 5.56 Å². The molecule has 0 spiro atoms. The van der Waals surface area contributed by atoms with E-state index in [1.54, 1.807) is 47.8 Å². The van der Waals surface area contributed by atoms with Crippen molar-refractivity contribution in [2.24, 2.45) is 13.0 Å². The molecule has 0 bridgehead atoms. The molecule has 0 saturated carbocycles. The van der Waals surface area contributed by atoms with Crippen molar-refractivity contribution < 1.29 is 14.3 Å². The van der Waals surface area contributed by atoms with Gasteiger partial charge in [-0.25, -0.2) is 4.98 Å². The molecule has 1 aliphatic rings. The fraction of sp³-hybridized carbons (Fsp3) is 0.400. The van der Waals surface area contributed by atoms with Gasteiger partial charge < -0.3 is 14.2 Å². The number of likely N-dealkylation sites (tertiary alicyclic amines) is 1. The van der Waals surface area contributed by atoms with Crippen molar-refractivity contribution in [2.75, 3.05) is 19.7 Å². The summed E-state index contributed by atoms with van der Waals surface area (Å²) in [6.45, 7) is 3.00. The topological polar surface area (TPSA) is 85.9 Å². The minimum absolute atomic E-state index is 0.206. The average molecular weight is 382 g/mol. The molecule has 8 heteroatoms. The molecule has 4 rings (SSSR count). The van der Waals surface area contributed by atoms with E-state index in [9.17, 15) is 14.4 Å². The summed E-state index contributed by atoms with van der Waals surface area (Å²) in [5.41, 5.74) is 1.18. The van der Waals surface area contributed by atoms with Crippen LogP contribution in [0.25, 0.3) is 16.7 Å². The Morgan fingerprint density at radius 1 is 1.32 bits per heavy atom. The molecule has 4 heterocycles. The van der Waals surface area contributed by atoms with Gasteiger partial charge in [0.1, 0.15) is 17.0 Å². The van der Waals surface area contributed by atoms with Crippen LogP contribution in [0.4, 0.5) is 0 Å². The van der Waals surface area contributed by atoms with E-state index < -0.39 is 0 Å². The van der Waals surface area contributed by atoms with Crippen LogP contribution in [0.15, 0.2) is 35.3 Å². The fourth-order valence-corrected chi connectivity index (χ4v) is 3.80. The number of esters is 1. The van der Waals surface area contributed by atoms with Crippen molar-refractivity contribution in [1.29, 1.82) is 0 Å². The second-order valence-electron chi connectivity index (χ2n) is 7.01. The smallest absolute Gasteiger partial charge is 0.310 e. The maximum atomic E-state index is 13.1. The SMILES string of the molecule is CCOC(=O)C1CCCN(C(=O)c2cc3c(=O)n4ccccc4nc3n2C)C1. The number of amides is 1. The average Bonchev–Trinajstić information content (AvgIpc) is 3.05. The van der Waals surface area contributed by atoms with E-state index in [1.165, 1.54) is 4.40 Å². The summed E-state index contributed by atoms with van der Waals surface area (Å²) in [4.78, 5) is 44.2. The Labute approximate surface area is 161 Å². The quantitative estimate of drug-likeness (QED) is 0.643. The summed E-state index contributed by atoms with van der Waals surface area (Å²) in [5.74, 6) is -0.773. The van der Waals surface area contributed by atoms with E-state index in [1.807, 2.05) is 6.07 Å². The van der Waals surface area contributed by atoms with Crippen LogP contribution in [-0.2, 0) is 16.6 Å². The number of aryl methyl sites for hydroxylation is 1. The third kappa shape index (κ3) is 2.94. The molecule has 1 amide bonds. The predicted octanol–water partition coefficient (Wildman–Crippen LogP) is 1.60. The number of piperidine rings is 1. The first-order valence-electron chi connectivity index (χ1n) is 9.44. The minimum atomic E-state index is -0.307. The molecule has 1 fully saturated rings. The molecule has 28 heavy (non-hydrogen) atoms. The van der Waals surface area contributed by atoms with Crippen molar-refractivity contribution in [3.8, 4) is 0 Å². The highest BCUT2D eigenvalue weighted by Crippen LogP contribution is 2.22. The van der Waals surface area contributed by atoms with Gasteiger partial charge in [0.25, 0.3) is 11.5 Å². The molecule has 0 radical (unpaired) electrons. The molecule has 1 saturated heterocycles. The second kappa shape index (κ2) is 7.10. The molecular weight excluding hydrogens is 360 g/mol. The van der Waals surface area contributed by atoms with E-state index in [0.717, 1.165) is 6.42 Å². The fourth-order valence-electron chi connectivity index (χ4n) is 3.80. The highest BCUT2D eigenvalue weighted by Gasteiger charge is 2.31. The van der Waals surface area contributed by atoms with Crippen molar-refractivity contribution in [2.45, 2.75) is 19.8 Å². The van der Waals surface area contributed by atoms with Crippen LogP contribution in [0.5, 0.6) is 0 Å². The van der Waals surface area contributed by atoms with Gasteiger partial charge in [-0.05, 0) is 38.0 Å². The van der Waals surface area contributed by atoms with Gasteiger partial charge in [-0.1, -0.05) is 6.07 Å². The van der Waals surface area contributed by atoms with Gasteiger partial charge in [0.15, 0.2) is 0 Å². The molecule has 0 N–H and O–H groups in total. The van der Waals surface area contributed by atoms with E-state index in [4.69, 9.17) is 4.74 Å². The Kier molecular flexibility index (Phi) is 4.62. The third-order valence-corrected chi connectivity index (χ3v) is 5.26. The Morgan fingerprint density at radius 3 is 2.93 bits per heavy atom. The number of aromatic nitrogens is 3. The largest absolute Gasteiger partial charge is 0.466 e. The van der Waals surface area contributed by atoms with E-state index in [2.05, 4.69) is 4.98 Å². The van der Waals surface area contributed by atoms with Crippen molar-refractivity contribution >= 4 is 28.6 Å². The Morgan fingerprint density at radius 2 is 2.14 bits per heavy atom. The molecule has 8 nitrogen and oxygen atoms in total. The van der Waals surface area contributed by atoms with Crippen LogP contribution in [0.3, 0.4) is 0 Å². The number of carbonyl (C=O) groups excluding carboxylic acids is 2. The molecule has 0 aliphatic carbocycles. The second-order valence-corrected chi connectivity index (χ2v) is 7.01. The van der Waals surface area contributed by atoms with Crippen LogP contribution in [-0.4, -0.2) is 50.4 Å². The highest BCUT2D eigenvalue weighted by atomic mass is 16.5. The van der Waals surface area contributed by atoms with Gasteiger partial charge in [-0.2, -0.15) is 0 Å². The van der Waals surface area contributed by atoms with Crippen molar-refractivity contribution in [1.82, 2.24) is 18.9 Å². The minimum Gasteiger partial charge on any atom is -0.466 e. The normalized spacial score (nSPS) is 17.2. The van der Waals surface area contributed by atoms with Gasteiger partial charge in [0.05, 0.1) is 17.9 Å². The molecule has 146 valence electrons. The van der Waals surface area contributed by atoms with Gasteiger partial charge in [-0.3, -0.25) is 18.8 Å². The zero-order chi connectivity index (χ0) is 19.8. The first-order valence-corrected chi connectivity index (χ1v) is 9.44. The number of rotatable bonds is 3. The van der Waals surface area contributed by atoms with E-state index in [-0.39, 0.29) is 23.4 Å². The summed E-state index contributed by atoms with van der Waals surface area (Å²) in [7, 11) is 1.73. The Balaban J connectivity index is 1.70. The lowest BCUT2D eigenvalue weighted by Crippen LogP contribution is -2.43. The predicted molar refractivity (Wildman–Crippen MR) is 103 cm³/mol. The molecule has 3 aromatic rings. The highest BCUT2D eigenvalue weighted by molar-refractivity contribution is 5.98. The Bertz CT molecular complexity index is 1130. The van der Waals surface area contributed by atoms with Gasteiger partial charge in [-0.15, -0.1) is 0 Å². The zero-order valence-corrected chi connectivity index (χ0v) is 15.9. The van der Waals surface area contributed by atoms with Crippen LogP contribution >= 0.6 is 0 Å². The number of hydrogen-bond donors (Lipinski definition) is 0. The van der Waals surface area contributed by atoms with Gasteiger partial charge >= 0.3 is 5.97 Å². The lowest BCUT2D eigenvalue weighted by molar-refractivity contribution is -0.149. The Hall–Kier alpha value is -3.16. The third-order valence-electron chi connectivity index (χ3n) is 5.26. The number of pyridine rings is 1. The summed E-state index contributed by atoms with van der Waals surface area (Å²) in [5, 5.41) is 0.397. The van der Waals surface area contributed by atoms with Gasteiger partial charge in [0, 0.05) is 26.3 Å². The van der Waals surface area contributed by atoms with Crippen LogP contribution in [0, 0.1) is 5.92 Å². The number of fused-ring (bicyclic) bond motifs is 2. The monoisotopic (exact) mass is 382 g/mol. The number of carbonyl (C=O) groups is 2. The summed E-state index contributed by atoms with van der Waals surface area (Å²) < 4.78 is 8.23. The number of hydrogen-bond acceptors (Lipinski definition) is 5. The lowest BCUT2D eigenvalue weighted by atomic mass is 9.98. The molecule has 1 unspecified atom stereocenters.